The van der Waals surface area contributed by atoms with E-state index in [1.807, 2.05) is 0 Å². The highest BCUT2D eigenvalue weighted by molar-refractivity contribution is 6.00. The lowest BCUT2D eigenvalue weighted by Crippen LogP contribution is -2.50. The monoisotopic (exact) mass is 465 g/mol. The maximum atomic E-state index is 13.0. The molecule has 0 aromatic heterocycles. The number of aliphatic hydroxyl groups excluding tert-OH is 1. The van der Waals surface area contributed by atoms with Gasteiger partial charge in [-0.1, -0.05) is 18.1 Å². The Labute approximate surface area is 198 Å². The maximum absolute atomic E-state index is 13.0. The summed E-state index contributed by atoms with van der Waals surface area (Å²) in [7, 11) is 1.27. The van der Waals surface area contributed by atoms with E-state index in [-0.39, 0.29) is 24.6 Å². The summed E-state index contributed by atoms with van der Waals surface area (Å²) >= 11 is 0. The van der Waals surface area contributed by atoms with Crippen molar-refractivity contribution in [2.24, 2.45) is 0 Å². The fourth-order valence-corrected chi connectivity index (χ4v) is 3.62. The van der Waals surface area contributed by atoms with Crippen LogP contribution in [0.1, 0.15) is 33.6 Å². The van der Waals surface area contributed by atoms with Crippen LogP contribution < -0.4 is 15.4 Å². The van der Waals surface area contributed by atoms with E-state index in [2.05, 4.69) is 16.6 Å². The molecular weight excluding hydrogens is 438 g/mol. The van der Waals surface area contributed by atoms with Gasteiger partial charge in [0.1, 0.15) is 12.4 Å². The zero-order chi connectivity index (χ0) is 24.5. The summed E-state index contributed by atoms with van der Waals surface area (Å²) < 4.78 is 10.1. The second kappa shape index (κ2) is 11.7. The van der Waals surface area contributed by atoms with Crippen molar-refractivity contribution in [3.8, 4) is 18.1 Å². The number of nitrogens with one attached hydrogen (secondary N) is 2. The highest BCUT2D eigenvalue weighted by atomic mass is 16.5. The van der Waals surface area contributed by atoms with Crippen molar-refractivity contribution in [1.29, 1.82) is 0 Å². The third-order valence-electron chi connectivity index (χ3n) is 5.43. The van der Waals surface area contributed by atoms with Gasteiger partial charge in [0.15, 0.2) is 0 Å². The van der Waals surface area contributed by atoms with Gasteiger partial charge in [-0.05, 0) is 49.2 Å². The second-order valence-electron chi connectivity index (χ2n) is 7.72. The first kappa shape index (κ1) is 24.6. The molecule has 9 heteroatoms. The molecule has 178 valence electrons. The van der Waals surface area contributed by atoms with Crippen LogP contribution in [0.5, 0.6) is 5.75 Å². The summed E-state index contributed by atoms with van der Waals surface area (Å²) in [5, 5.41) is 16.1. The molecule has 1 heterocycles. The molecule has 1 aliphatic rings. The molecule has 1 fully saturated rings. The highest BCUT2D eigenvalue weighted by Gasteiger charge is 2.30. The predicted molar refractivity (Wildman–Crippen MR) is 126 cm³/mol. The molecule has 0 saturated carbocycles. The van der Waals surface area contributed by atoms with Crippen molar-refractivity contribution in [2.75, 3.05) is 32.1 Å². The van der Waals surface area contributed by atoms with Crippen LogP contribution in [0.15, 0.2) is 48.5 Å². The van der Waals surface area contributed by atoms with Gasteiger partial charge in [-0.25, -0.2) is 9.59 Å². The minimum atomic E-state index is -0.817. The number of amides is 3. The number of carbonyl (C=O) groups excluding carboxylic acids is 3. The molecule has 0 unspecified atom stereocenters. The quantitative estimate of drug-likeness (QED) is 0.445. The van der Waals surface area contributed by atoms with Gasteiger partial charge in [0, 0.05) is 18.7 Å². The summed E-state index contributed by atoms with van der Waals surface area (Å²) in [5.74, 6) is 1.96. The first-order chi connectivity index (χ1) is 16.4. The topological polar surface area (TPSA) is 117 Å². The molecule has 0 radical (unpaired) electrons. The maximum Gasteiger partial charge on any atom is 0.339 e. The summed E-state index contributed by atoms with van der Waals surface area (Å²) in [4.78, 5) is 39.2. The molecule has 0 bridgehead atoms. The highest BCUT2D eigenvalue weighted by Crippen LogP contribution is 2.19. The van der Waals surface area contributed by atoms with Crippen molar-refractivity contribution >= 4 is 23.6 Å². The Morgan fingerprint density at radius 1 is 1.18 bits per heavy atom. The SMILES string of the molecule is C#CCOc1ccc(C(=O)N[C@@H]2CN(C(=O)Nc3ccccc3C(=O)OC)CCC[C@H]2O)cc1. The number of hydrogen-bond donors (Lipinski definition) is 3. The van der Waals surface area contributed by atoms with Crippen LogP contribution in [0.25, 0.3) is 0 Å². The molecular formula is C25H27N3O6. The van der Waals surface area contributed by atoms with Crippen LogP contribution >= 0.6 is 0 Å². The molecule has 3 rings (SSSR count). The lowest BCUT2D eigenvalue weighted by Gasteiger charge is -2.27. The first-order valence-electron chi connectivity index (χ1n) is 10.8. The van der Waals surface area contributed by atoms with Crippen molar-refractivity contribution in [3.05, 3.63) is 59.7 Å². The number of ether oxygens (including phenoxy) is 2. The average molecular weight is 466 g/mol. The normalized spacial score (nSPS) is 17.6. The Balaban J connectivity index is 1.67. The van der Waals surface area contributed by atoms with E-state index in [1.165, 1.54) is 12.0 Å². The lowest BCUT2D eigenvalue weighted by molar-refractivity contribution is 0.0601. The van der Waals surface area contributed by atoms with Gasteiger partial charge < -0.3 is 30.1 Å². The number of anilines is 1. The zero-order valence-corrected chi connectivity index (χ0v) is 18.8. The number of hydrogen-bond acceptors (Lipinski definition) is 6. The van der Waals surface area contributed by atoms with Crippen LogP contribution in [0.4, 0.5) is 10.5 Å². The number of benzene rings is 2. The molecule has 3 amide bonds. The summed E-state index contributed by atoms with van der Waals surface area (Å²) in [6, 6.07) is 11.9. The second-order valence-corrected chi connectivity index (χ2v) is 7.72. The number of urea groups is 1. The molecule has 1 aliphatic heterocycles. The fraction of sp³-hybridized carbons (Fsp3) is 0.320. The molecule has 0 spiro atoms. The van der Waals surface area contributed by atoms with Crippen molar-refractivity contribution in [3.63, 3.8) is 0 Å². The van der Waals surface area contributed by atoms with Crippen molar-refractivity contribution in [1.82, 2.24) is 10.2 Å². The molecule has 34 heavy (non-hydrogen) atoms. The zero-order valence-electron chi connectivity index (χ0n) is 18.8. The van der Waals surface area contributed by atoms with Gasteiger partial charge in [-0.2, -0.15) is 0 Å². The van der Waals surface area contributed by atoms with Crippen LogP contribution in [-0.4, -0.2) is 66.9 Å². The molecule has 2 aromatic carbocycles. The Bertz CT molecular complexity index is 1060. The number of para-hydroxylation sites is 1. The fourth-order valence-electron chi connectivity index (χ4n) is 3.62. The molecule has 3 N–H and O–H groups in total. The van der Waals surface area contributed by atoms with E-state index in [0.717, 1.165) is 0 Å². The number of methoxy groups -OCH3 is 1. The smallest absolute Gasteiger partial charge is 0.339 e. The Morgan fingerprint density at radius 2 is 1.91 bits per heavy atom. The van der Waals surface area contributed by atoms with Gasteiger partial charge in [0.25, 0.3) is 5.91 Å². The number of nitrogens with zero attached hydrogens (tertiary/aromatic N) is 1. The van der Waals surface area contributed by atoms with E-state index in [9.17, 15) is 19.5 Å². The number of terminal acetylenes is 1. The van der Waals surface area contributed by atoms with Crippen molar-refractivity contribution < 1.29 is 29.0 Å². The van der Waals surface area contributed by atoms with Gasteiger partial charge in [-0.15, -0.1) is 6.42 Å². The summed E-state index contributed by atoms with van der Waals surface area (Å²) in [6.45, 7) is 0.612. The minimum absolute atomic E-state index is 0.0997. The van der Waals surface area contributed by atoms with Gasteiger partial charge in [0.05, 0.1) is 30.5 Å². The Morgan fingerprint density at radius 3 is 2.62 bits per heavy atom. The van der Waals surface area contributed by atoms with E-state index in [0.29, 0.717) is 36.4 Å². The largest absolute Gasteiger partial charge is 0.481 e. The summed E-state index contributed by atoms with van der Waals surface area (Å²) in [6.07, 6.45) is 5.33. The predicted octanol–water partition coefficient (Wildman–Crippen LogP) is 2.27. The average Bonchev–Trinajstić information content (AvgIpc) is 3.04. The van der Waals surface area contributed by atoms with Gasteiger partial charge in [0.2, 0.25) is 0 Å². The third-order valence-corrected chi connectivity index (χ3v) is 5.43. The minimum Gasteiger partial charge on any atom is -0.481 e. The Kier molecular flexibility index (Phi) is 8.48. The number of rotatable bonds is 6. The molecule has 1 saturated heterocycles. The van der Waals surface area contributed by atoms with E-state index in [4.69, 9.17) is 15.9 Å². The van der Waals surface area contributed by atoms with Crippen LogP contribution in [-0.2, 0) is 4.74 Å². The molecule has 2 aromatic rings. The number of aliphatic hydroxyl groups is 1. The Hall–Kier alpha value is -4.03. The number of carbonyl (C=O) groups is 3. The molecule has 2 atom stereocenters. The van der Waals surface area contributed by atoms with Crippen LogP contribution in [0.3, 0.4) is 0 Å². The molecule has 0 aliphatic carbocycles. The standard InChI is InChI=1S/C25H27N3O6/c1-3-15-34-18-12-10-17(11-13-18)23(30)26-21-16-28(14-6-9-22(21)29)25(32)27-20-8-5-4-7-19(20)24(31)33-2/h1,4-5,7-8,10-13,21-22,29H,6,9,14-16H2,2H3,(H,26,30)(H,27,32)/t21-,22-/m1/s1. The first-order valence-corrected chi connectivity index (χ1v) is 10.8. The van der Waals surface area contributed by atoms with Crippen LogP contribution in [0, 0.1) is 12.3 Å². The van der Waals surface area contributed by atoms with Gasteiger partial charge >= 0.3 is 12.0 Å². The third kappa shape index (κ3) is 6.27. The summed E-state index contributed by atoms with van der Waals surface area (Å²) in [5.41, 5.74) is 0.928. The van der Waals surface area contributed by atoms with E-state index < -0.39 is 24.1 Å². The van der Waals surface area contributed by atoms with E-state index in [1.54, 1.807) is 48.5 Å². The van der Waals surface area contributed by atoms with Crippen molar-refractivity contribution in [2.45, 2.75) is 25.0 Å². The molecule has 9 nitrogen and oxygen atoms in total. The van der Waals surface area contributed by atoms with Gasteiger partial charge in [-0.3, -0.25) is 4.79 Å². The van der Waals surface area contributed by atoms with Crippen LogP contribution in [0.2, 0.25) is 0 Å². The lowest BCUT2D eigenvalue weighted by atomic mass is 10.1. The number of esters is 1. The van der Waals surface area contributed by atoms with E-state index >= 15 is 0 Å². The number of likely N-dealkylation sites (tertiary alicyclic amines) is 1.